The second-order valence-corrected chi connectivity index (χ2v) is 17.1. The molecule has 2 bridgehead atoms. The van der Waals surface area contributed by atoms with Crippen LogP contribution in [0.5, 0.6) is 5.75 Å². The summed E-state index contributed by atoms with van der Waals surface area (Å²) in [7, 11) is 0.786. The molecule has 3 saturated carbocycles. The Morgan fingerprint density at radius 2 is 1.78 bits per heavy atom. The molecule has 0 aromatic heterocycles. The molecule has 2 aliphatic heterocycles. The molecule has 272 valence electrons. The van der Waals surface area contributed by atoms with Gasteiger partial charge in [0.05, 0.1) is 43.4 Å². The molecule has 0 radical (unpaired) electrons. The number of rotatable bonds is 9. The number of carbonyl (C=O) groups excluding carboxylic acids is 3. The van der Waals surface area contributed by atoms with Crippen LogP contribution in [-0.4, -0.2) is 103 Å². The number of nitrogens with one attached hydrogen (secondary N) is 2. The number of hydrogen-bond acceptors (Lipinski definition) is 10. The second kappa shape index (κ2) is 13.7. The van der Waals surface area contributed by atoms with Crippen LogP contribution >= 0.6 is 0 Å². The Labute approximate surface area is 291 Å². The first-order valence-electron chi connectivity index (χ1n) is 17.6. The van der Waals surface area contributed by atoms with Gasteiger partial charge in [-0.2, -0.15) is 0 Å². The Kier molecular flexibility index (Phi) is 10.4. The van der Waals surface area contributed by atoms with E-state index in [1.165, 1.54) is 7.11 Å². The molecule has 2 amide bonds. The number of ether oxygens (including phenoxy) is 3. The minimum atomic E-state index is -0.760. The van der Waals surface area contributed by atoms with Crippen molar-refractivity contribution in [3.05, 3.63) is 29.3 Å². The Balaban J connectivity index is 1.34. The normalized spacial score (nSPS) is 30.0. The van der Waals surface area contributed by atoms with Crippen LogP contribution in [0.25, 0.3) is 0 Å². The van der Waals surface area contributed by atoms with Crippen LogP contribution in [-0.2, 0) is 30.0 Å². The van der Waals surface area contributed by atoms with Gasteiger partial charge >= 0.3 is 19.2 Å². The number of piperidine rings is 1. The molecule has 12 nitrogen and oxygen atoms in total. The molecule has 49 heavy (non-hydrogen) atoms. The first kappa shape index (κ1) is 37.4. The van der Waals surface area contributed by atoms with E-state index >= 15 is 0 Å². The Bertz CT molecular complexity index is 1410. The molecular formula is C36H56BN3O9. The van der Waals surface area contributed by atoms with Crippen molar-refractivity contribution in [3.8, 4) is 5.75 Å². The Morgan fingerprint density at radius 3 is 2.41 bits per heavy atom. The van der Waals surface area contributed by atoms with E-state index in [1.807, 2.05) is 31.7 Å². The molecule has 0 spiro atoms. The average Bonchev–Trinajstić information content (AvgIpc) is 3.33. The third kappa shape index (κ3) is 8.21. The zero-order valence-electron chi connectivity index (χ0n) is 30.9. The molecule has 7 unspecified atom stereocenters. The van der Waals surface area contributed by atoms with Crippen molar-refractivity contribution >= 4 is 25.1 Å². The highest BCUT2D eigenvalue weighted by molar-refractivity contribution is 6.48. The van der Waals surface area contributed by atoms with Crippen LogP contribution in [0.15, 0.2) is 18.2 Å². The number of likely N-dealkylation sites (tertiary alicyclic amines) is 1. The maximum Gasteiger partial charge on any atom is 0.482 e. The maximum atomic E-state index is 13.8. The van der Waals surface area contributed by atoms with E-state index in [4.69, 9.17) is 23.5 Å². The summed E-state index contributed by atoms with van der Waals surface area (Å²) < 4.78 is 30.3. The summed E-state index contributed by atoms with van der Waals surface area (Å²) in [6, 6.07) is 4.73. The fourth-order valence-corrected chi connectivity index (χ4v) is 8.21. The molecule has 1 aromatic rings. The van der Waals surface area contributed by atoms with Crippen LogP contribution in [0, 0.1) is 17.3 Å². The van der Waals surface area contributed by atoms with Crippen LogP contribution in [0.2, 0.25) is 0 Å². The summed E-state index contributed by atoms with van der Waals surface area (Å²) in [5.74, 6) is -0.0807. The van der Waals surface area contributed by atoms with Gasteiger partial charge in [0.1, 0.15) is 22.5 Å². The lowest BCUT2D eigenvalue weighted by atomic mass is 9.43. The largest absolute Gasteiger partial charge is 0.496 e. The second-order valence-electron chi connectivity index (χ2n) is 17.1. The SMILES string of the molecule is COc1c(CC(NC(=O)CN2CCC(O)C(NC(=O)OC(C)(C)C)C2)B2OC3CC4CC(C4(C)C)C3(C)O2)cccc1C(=O)OC(C)(C)C. The van der Waals surface area contributed by atoms with Gasteiger partial charge in [-0.15, -0.1) is 0 Å². The topological polar surface area (TPSA) is 145 Å². The van der Waals surface area contributed by atoms with E-state index in [-0.39, 0.29) is 36.9 Å². The van der Waals surface area contributed by atoms with Gasteiger partial charge in [0.25, 0.3) is 0 Å². The number of carbonyl (C=O) groups is 3. The number of alkyl carbamates (subject to hydrolysis) is 1. The number of benzene rings is 1. The highest BCUT2D eigenvalue weighted by atomic mass is 16.7. The van der Waals surface area contributed by atoms with E-state index in [1.54, 1.807) is 32.9 Å². The van der Waals surface area contributed by atoms with Crippen LogP contribution < -0.4 is 15.4 Å². The van der Waals surface area contributed by atoms with Crippen LogP contribution in [0.4, 0.5) is 4.79 Å². The highest BCUT2D eigenvalue weighted by Gasteiger charge is 2.68. The van der Waals surface area contributed by atoms with E-state index in [0.717, 1.165) is 12.8 Å². The average molecular weight is 686 g/mol. The molecule has 13 heteroatoms. The number of aliphatic hydroxyl groups excluding tert-OH is 1. The molecule has 1 aromatic carbocycles. The first-order chi connectivity index (χ1) is 22.7. The predicted octanol–water partition coefficient (Wildman–Crippen LogP) is 3.91. The van der Waals surface area contributed by atoms with Gasteiger partial charge in [-0.25, -0.2) is 9.59 Å². The van der Waals surface area contributed by atoms with E-state index in [2.05, 4.69) is 31.4 Å². The quantitative estimate of drug-likeness (QED) is 0.259. The van der Waals surface area contributed by atoms with Crippen molar-refractivity contribution in [2.24, 2.45) is 17.3 Å². The lowest BCUT2D eigenvalue weighted by Crippen LogP contribution is -2.65. The van der Waals surface area contributed by atoms with Crippen molar-refractivity contribution < 1.29 is 43.0 Å². The minimum Gasteiger partial charge on any atom is -0.496 e. The van der Waals surface area contributed by atoms with Gasteiger partial charge in [-0.3, -0.25) is 9.69 Å². The maximum absolute atomic E-state index is 13.8. The number of methoxy groups -OCH3 is 1. The number of aliphatic hydroxyl groups is 1. The summed E-state index contributed by atoms with van der Waals surface area (Å²) in [5, 5.41) is 16.6. The molecule has 2 saturated heterocycles. The van der Waals surface area contributed by atoms with E-state index < -0.39 is 54.1 Å². The van der Waals surface area contributed by atoms with Crippen molar-refractivity contribution in [2.45, 2.75) is 129 Å². The molecular weight excluding hydrogens is 629 g/mol. The highest BCUT2D eigenvalue weighted by Crippen LogP contribution is 2.65. The summed E-state index contributed by atoms with van der Waals surface area (Å²) in [4.78, 5) is 41.3. The first-order valence-corrected chi connectivity index (χ1v) is 17.6. The number of amides is 2. The molecule has 7 atom stereocenters. The molecule has 6 rings (SSSR count). The molecule has 2 heterocycles. The lowest BCUT2D eigenvalue weighted by molar-refractivity contribution is -0.199. The van der Waals surface area contributed by atoms with Crippen LogP contribution in [0.1, 0.15) is 97.5 Å². The van der Waals surface area contributed by atoms with Crippen molar-refractivity contribution in [1.29, 1.82) is 0 Å². The summed E-state index contributed by atoms with van der Waals surface area (Å²) in [6.07, 6.45) is 1.19. The molecule has 3 N–H and O–H groups in total. The van der Waals surface area contributed by atoms with Gasteiger partial charge in [-0.1, -0.05) is 26.0 Å². The Hall–Kier alpha value is -2.87. The number of esters is 1. The van der Waals surface area contributed by atoms with Gasteiger partial charge in [0.2, 0.25) is 5.91 Å². The van der Waals surface area contributed by atoms with Crippen molar-refractivity contribution in [3.63, 3.8) is 0 Å². The molecule has 3 aliphatic carbocycles. The summed E-state index contributed by atoms with van der Waals surface area (Å²) >= 11 is 0. The number of hydrogen-bond donors (Lipinski definition) is 3. The van der Waals surface area contributed by atoms with Crippen LogP contribution in [0.3, 0.4) is 0 Å². The van der Waals surface area contributed by atoms with Gasteiger partial charge < -0.3 is 39.3 Å². The van der Waals surface area contributed by atoms with Gasteiger partial charge in [-0.05, 0) is 103 Å². The fraction of sp³-hybridized carbons (Fsp3) is 0.750. The van der Waals surface area contributed by atoms with Gasteiger partial charge in [0.15, 0.2) is 0 Å². The monoisotopic (exact) mass is 685 g/mol. The van der Waals surface area contributed by atoms with Crippen molar-refractivity contribution in [2.75, 3.05) is 26.7 Å². The van der Waals surface area contributed by atoms with E-state index in [9.17, 15) is 19.5 Å². The number of para-hydroxylation sites is 1. The lowest BCUT2D eigenvalue weighted by Gasteiger charge is -2.64. The smallest absolute Gasteiger partial charge is 0.482 e. The standard InChI is InChI=1S/C36H56BN3O9/c1-33(2,3)46-31(43)23-13-11-12-21(30(23)45-10)16-28(37-48-27-18-22-17-26(35(22,7)8)36(27,9)49-37)39-29(42)20-40-15-14-25(41)24(19-40)38-32(44)47-34(4,5)6/h11-13,22,24-28,41H,14-20H2,1-10H3,(H,38,44)(H,39,42). The summed E-state index contributed by atoms with van der Waals surface area (Å²) in [6.45, 7) is 18.3. The summed E-state index contributed by atoms with van der Waals surface area (Å²) in [5.41, 5.74) is -0.703. The third-order valence-corrected chi connectivity index (χ3v) is 10.7. The number of nitrogens with zero attached hydrogens (tertiary/aromatic N) is 1. The van der Waals surface area contributed by atoms with Gasteiger partial charge in [0, 0.05) is 13.1 Å². The zero-order chi connectivity index (χ0) is 36.1. The minimum absolute atomic E-state index is 0.0376. The third-order valence-electron chi connectivity index (χ3n) is 10.7. The zero-order valence-corrected chi connectivity index (χ0v) is 30.9. The molecule has 5 fully saturated rings. The fourth-order valence-electron chi connectivity index (χ4n) is 8.21. The predicted molar refractivity (Wildman–Crippen MR) is 184 cm³/mol. The van der Waals surface area contributed by atoms with Crippen molar-refractivity contribution in [1.82, 2.24) is 15.5 Å². The van der Waals surface area contributed by atoms with E-state index in [0.29, 0.717) is 41.7 Å². The molecule has 5 aliphatic rings. The Morgan fingerprint density at radius 1 is 1.08 bits per heavy atom.